The van der Waals surface area contributed by atoms with Crippen LogP contribution in [0.5, 0.6) is 0 Å². The summed E-state index contributed by atoms with van der Waals surface area (Å²) in [7, 11) is -9.51. The van der Waals surface area contributed by atoms with Gasteiger partial charge in [0, 0.05) is 35.5 Å². The Morgan fingerprint density at radius 1 is 0.914 bits per heavy atom. The fourth-order valence-corrected chi connectivity index (χ4v) is 9.88. The second kappa shape index (κ2) is 16.6. The smallest absolute Gasteiger partial charge is 0.333 e. The molecule has 0 radical (unpaired) electrons. The van der Waals surface area contributed by atoms with Crippen LogP contribution in [-0.2, 0) is 39.2 Å². The van der Waals surface area contributed by atoms with E-state index in [1.54, 1.807) is 31.2 Å². The molecule has 316 valence electrons. The van der Waals surface area contributed by atoms with Gasteiger partial charge in [0.25, 0.3) is 15.7 Å². The second-order valence-electron chi connectivity index (χ2n) is 18.1. The predicted octanol–water partition coefficient (Wildman–Crippen LogP) is 6.86. The van der Waals surface area contributed by atoms with Gasteiger partial charge in [-0.1, -0.05) is 102 Å². The Morgan fingerprint density at radius 3 is 2.02 bits per heavy atom. The Morgan fingerprint density at radius 2 is 1.48 bits per heavy atom. The number of nitrogens with two attached hydrogens (primary N) is 1. The molecule has 2 unspecified atom stereocenters. The number of benzene rings is 2. The Kier molecular flexibility index (Phi) is 13.0. The van der Waals surface area contributed by atoms with Gasteiger partial charge < -0.3 is 24.1 Å². The van der Waals surface area contributed by atoms with Crippen LogP contribution in [0.25, 0.3) is 5.76 Å². The van der Waals surface area contributed by atoms with Gasteiger partial charge in [0.1, 0.15) is 18.0 Å². The van der Waals surface area contributed by atoms with Gasteiger partial charge in [-0.15, -0.1) is 0 Å². The monoisotopic (exact) mass is 853 g/mol. The third-order valence-corrected chi connectivity index (χ3v) is 21.9. The Balaban J connectivity index is 1.52. The van der Waals surface area contributed by atoms with Crippen molar-refractivity contribution >= 4 is 38.3 Å². The zero-order valence-corrected chi connectivity index (χ0v) is 38.3. The Hall–Kier alpha value is -3.91. The summed E-state index contributed by atoms with van der Waals surface area (Å²) in [5.74, 6) is 0.116. The van der Waals surface area contributed by atoms with Gasteiger partial charge in [0.15, 0.2) is 34.2 Å². The first kappa shape index (κ1) is 45.2. The molecule has 3 aromatic rings. The molecule has 0 aliphatic carbocycles. The number of allylic oxidation sites excluding steroid dienone is 1. The van der Waals surface area contributed by atoms with Gasteiger partial charge >= 0.3 is 5.69 Å². The lowest BCUT2D eigenvalue weighted by Gasteiger charge is -2.43. The standard InChI is InChI=1S/C42H59N3O10SSi2/c1-29-26-45(39(48)44(37(29)47)23-18-24-51-33(31-21-16-13-17-22-31)25-32(46)30-19-14-12-15-20-30)38-36(54-58(10,11)41(5,6)7)42(34(43)28-56(49,50)55-42)35(53-38)27-52-57(8,9)40(2,3)4/h12-17,19-22,25-26,28,35-36,38H,18,23-24,27,43H2,1-11H3/b33-25-/t35?,36-,38+,42?/m0/s1. The van der Waals surface area contributed by atoms with Gasteiger partial charge in [0.2, 0.25) is 0 Å². The molecule has 1 saturated heterocycles. The van der Waals surface area contributed by atoms with Crippen LogP contribution >= 0.6 is 0 Å². The summed E-state index contributed by atoms with van der Waals surface area (Å²) >= 11 is 0. The molecule has 16 heteroatoms. The number of rotatable bonds is 14. The number of carbonyl (C=O) groups is 1. The minimum absolute atomic E-state index is 0.0372. The third-order valence-electron chi connectivity index (χ3n) is 11.9. The van der Waals surface area contributed by atoms with E-state index in [2.05, 4.69) is 33.9 Å². The van der Waals surface area contributed by atoms with E-state index in [9.17, 15) is 22.8 Å². The van der Waals surface area contributed by atoms with Gasteiger partial charge in [0.05, 0.1) is 24.3 Å². The Bertz CT molecular complexity index is 2280. The quantitative estimate of drug-likeness (QED) is 0.0450. The van der Waals surface area contributed by atoms with Gasteiger partial charge in [-0.25, -0.2) is 8.98 Å². The second-order valence-corrected chi connectivity index (χ2v) is 29.0. The fourth-order valence-electron chi connectivity index (χ4n) is 6.37. The van der Waals surface area contributed by atoms with E-state index in [1.807, 2.05) is 70.3 Å². The maximum absolute atomic E-state index is 14.5. The van der Waals surface area contributed by atoms with Crippen LogP contribution in [0.1, 0.15) is 75.7 Å². The van der Waals surface area contributed by atoms with E-state index in [-0.39, 0.29) is 53.3 Å². The number of ether oxygens (including phenoxy) is 2. The summed E-state index contributed by atoms with van der Waals surface area (Å²) in [6.45, 7) is 22.0. The number of nitrogens with zero attached hydrogens (tertiary/aromatic N) is 2. The molecular weight excluding hydrogens is 795 g/mol. The first-order chi connectivity index (χ1) is 26.8. The number of aryl methyl sites for hydroxylation is 1. The summed E-state index contributed by atoms with van der Waals surface area (Å²) in [5.41, 5.74) is 4.88. The molecule has 2 aliphatic rings. The van der Waals surface area contributed by atoms with E-state index in [1.165, 1.54) is 16.8 Å². The molecule has 1 spiro atoms. The minimum Gasteiger partial charge on any atom is -0.493 e. The number of carbonyl (C=O) groups excluding carboxylic acids is 1. The van der Waals surface area contributed by atoms with Crippen molar-refractivity contribution in [2.24, 2.45) is 5.73 Å². The fraction of sp³-hybridized carbons (Fsp3) is 0.500. The summed E-state index contributed by atoms with van der Waals surface area (Å²) in [6.07, 6.45) is -0.554. The molecule has 2 aliphatic heterocycles. The van der Waals surface area contributed by atoms with Crippen molar-refractivity contribution in [3.63, 3.8) is 0 Å². The van der Waals surface area contributed by atoms with E-state index < -0.39 is 62.0 Å². The first-order valence-corrected chi connectivity index (χ1v) is 26.8. The van der Waals surface area contributed by atoms with Gasteiger partial charge in [-0.2, -0.15) is 8.42 Å². The molecule has 13 nitrogen and oxygen atoms in total. The highest BCUT2D eigenvalue weighted by Gasteiger charge is 2.67. The SMILES string of the molecule is Cc1cn([C@@H]2OC(CO[Si](C)(C)C(C)(C)C)C3(OS(=O)(=O)C=C3N)[C@H]2O[Si](C)(C)C(C)(C)C)c(=O)n(CCCO/C(=C\C(=O)c2ccccc2)c2ccccc2)c1=O. The normalized spacial score (nSPS) is 22.6. The summed E-state index contributed by atoms with van der Waals surface area (Å²) in [4.78, 5) is 41.3. The van der Waals surface area contributed by atoms with Crippen molar-refractivity contribution in [3.8, 4) is 0 Å². The highest BCUT2D eigenvalue weighted by Crippen LogP contribution is 2.52. The lowest BCUT2D eigenvalue weighted by Crippen LogP contribution is -2.59. The molecule has 2 N–H and O–H groups in total. The molecule has 3 heterocycles. The highest BCUT2D eigenvalue weighted by molar-refractivity contribution is 7.90. The minimum atomic E-state index is -4.29. The molecule has 0 amide bonds. The van der Waals surface area contributed by atoms with Crippen LogP contribution in [0.15, 0.2) is 93.6 Å². The number of aromatic nitrogens is 2. The third kappa shape index (κ3) is 9.27. The summed E-state index contributed by atoms with van der Waals surface area (Å²) in [5, 5.41) is 0.324. The van der Waals surface area contributed by atoms with E-state index in [4.69, 9.17) is 28.2 Å². The first-order valence-electron chi connectivity index (χ1n) is 19.5. The zero-order chi connectivity index (χ0) is 43.1. The van der Waals surface area contributed by atoms with Crippen molar-refractivity contribution < 1.29 is 35.7 Å². The predicted molar refractivity (Wildman–Crippen MR) is 230 cm³/mol. The topological polar surface area (TPSA) is 167 Å². The van der Waals surface area contributed by atoms with E-state index in [0.29, 0.717) is 16.9 Å². The average Bonchev–Trinajstić information content (AvgIpc) is 3.56. The van der Waals surface area contributed by atoms with Crippen LogP contribution in [-0.4, -0.2) is 71.0 Å². The lowest BCUT2D eigenvalue weighted by atomic mass is 9.89. The largest absolute Gasteiger partial charge is 0.493 e. The van der Waals surface area contributed by atoms with Crippen molar-refractivity contribution in [3.05, 3.63) is 122 Å². The van der Waals surface area contributed by atoms with Gasteiger partial charge in [-0.05, 0) is 49.6 Å². The van der Waals surface area contributed by atoms with Crippen LogP contribution in [0, 0.1) is 6.92 Å². The molecule has 5 rings (SSSR count). The molecular formula is C42H59N3O10SSi2. The van der Waals surface area contributed by atoms with Crippen LogP contribution < -0.4 is 17.0 Å². The maximum Gasteiger partial charge on any atom is 0.333 e. The zero-order valence-electron chi connectivity index (χ0n) is 35.5. The molecule has 1 fully saturated rings. The highest BCUT2D eigenvalue weighted by atomic mass is 32.2. The van der Waals surface area contributed by atoms with Crippen LogP contribution in [0.2, 0.25) is 36.3 Å². The number of hydrogen-bond acceptors (Lipinski definition) is 11. The molecule has 58 heavy (non-hydrogen) atoms. The van der Waals surface area contributed by atoms with Crippen molar-refractivity contribution in [1.29, 1.82) is 0 Å². The van der Waals surface area contributed by atoms with Crippen molar-refractivity contribution in [2.45, 2.75) is 122 Å². The number of hydrogen-bond donors (Lipinski definition) is 1. The summed E-state index contributed by atoms with van der Waals surface area (Å²) < 4.78 is 61.3. The van der Waals surface area contributed by atoms with Gasteiger partial charge in [-0.3, -0.25) is 18.7 Å². The Labute approximate surface area is 344 Å². The summed E-state index contributed by atoms with van der Waals surface area (Å²) in [6, 6.07) is 18.0. The molecule has 4 atom stereocenters. The lowest BCUT2D eigenvalue weighted by molar-refractivity contribution is -0.0567. The van der Waals surface area contributed by atoms with E-state index in [0.717, 1.165) is 9.98 Å². The molecule has 1 aromatic heterocycles. The van der Waals surface area contributed by atoms with Crippen LogP contribution in [0.4, 0.5) is 0 Å². The number of ketones is 1. The molecule has 0 bridgehead atoms. The maximum atomic E-state index is 14.5. The average molecular weight is 854 g/mol. The van der Waals surface area contributed by atoms with Crippen LogP contribution in [0.3, 0.4) is 0 Å². The molecule has 2 aromatic carbocycles. The van der Waals surface area contributed by atoms with E-state index >= 15 is 0 Å². The van der Waals surface area contributed by atoms with Crippen molar-refractivity contribution in [2.75, 3.05) is 13.2 Å². The molecule has 0 saturated carbocycles. The van der Waals surface area contributed by atoms with Crippen molar-refractivity contribution in [1.82, 2.24) is 9.13 Å².